The summed E-state index contributed by atoms with van der Waals surface area (Å²) in [5.74, 6) is 0.753. The van der Waals surface area contributed by atoms with E-state index in [0.29, 0.717) is 18.8 Å². The molecule has 0 saturated carbocycles. The highest BCUT2D eigenvalue weighted by molar-refractivity contribution is 7.09. The van der Waals surface area contributed by atoms with Crippen LogP contribution in [0.5, 0.6) is 5.75 Å². The molecular weight excluding hydrogens is 272 g/mol. The lowest BCUT2D eigenvalue weighted by atomic mass is 10.2. The molecule has 0 N–H and O–H groups in total. The lowest BCUT2D eigenvalue weighted by Crippen LogP contribution is -2.31. The van der Waals surface area contributed by atoms with E-state index in [2.05, 4.69) is 4.98 Å². The Hall–Kier alpha value is -1.88. The molecule has 0 radical (unpaired) electrons. The number of hydrogen-bond acceptors (Lipinski definition) is 4. The van der Waals surface area contributed by atoms with Crippen molar-refractivity contribution in [3.05, 3.63) is 45.9 Å². The van der Waals surface area contributed by atoms with Crippen molar-refractivity contribution in [2.45, 2.75) is 13.8 Å². The lowest BCUT2D eigenvalue weighted by Gasteiger charge is -2.16. The summed E-state index contributed by atoms with van der Waals surface area (Å²) in [6.45, 7) is 4.92. The van der Waals surface area contributed by atoms with Gasteiger partial charge in [-0.1, -0.05) is 17.7 Å². The predicted molar refractivity (Wildman–Crippen MR) is 80.5 cm³/mol. The van der Waals surface area contributed by atoms with Crippen LogP contribution in [-0.4, -0.2) is 36.0 Å². The van der Waals surface area contributed by atoms with Gasteiger partial charge >= 0.3 is 0 Å². The number of carbonyl (C=O) groups is 1. The summed E-state index contributed by atoms with van der Waals surface area (Å²) in [6, 6.07) is 7.87. The summed E-state index contributed by atoms with van der Waals surface area (Å²) in [5, 5.41) is 2.69. The molecule has 4 nitrogen and oxygen atoms in total. The second kappa shape index (κ2) is 6.52. The van der Waals surface area contributed by atoms with E-state index in [1.165, 1.54) is 16.9 Å². The van der Waals surface area contributed by atoms with E-state index in [1.807, 2.05) is 38.1 Å². The van der Waals surface area contributed by atoms with E-state index in [0.717, 1.165) is 10.8 Å². The quantitative estimate of drug-likeness (QED) is 0.850. The first-order valence-corrected chi connectivity index (χ1v) is 7.31. The van der Waals surface area contributed by atoms with Crippen molar-refractivity contribution in [1.82, 2.24) is 9.88 Å². The van der Waals surface area contributed by atoms with Crippen LogP contribution in [0.4, 0.5) is 0 Å². The minimum absolute atomic E-state index is 0.0677. The number of rotatable bonds is 5. The Labute approximate surface area is 123 Å². The highest BCUT2D eigenvalue weighted by Crippen LogP contribution is 2.12. The van der Waals surface area contributed by atoms with Gasteiger partial charge in [0, 0.05) is 12.4 Å². The van der Waals surface area contributed by atoms with Crippen molar-refractivity contribution in [3.8, 4) is 5.75 Å². The Bertz CT molecular complexity index is 578. The predicted octanol–water partition coefficient (Wildman–Crippen LogP) is 2.91. The van der Waals surface area contributed by atoms with Crippen LogP contribution in [0.25, 0.3) is 0 Å². The van der Waals surface area contributed by atoms with Gasteiger partial charge in [-0.2, -0.15) is 0 Å². The van der Waals surface area contributed by atoms with Crippen LogP contribution in [0, 0.1) is 13.8 Å². The zero-order valence-electron chi connectivity index (χ0n) is 11.9. The molecule has 0 fully saturated rings. The number of aryl methyl sites for hydroxylation is 2. The van der Waals surface area contributed by atoms with Gasteiger partial charge in [0.1, 0.15) is 18.1 Å². The highest BCUT2D eigenvalue weighted by Gasteiger charge is 2.14. The first-order chi connectivity index (χ1) is 9.56. The van der Waals surface area contributed by atoms with Crippen molar-refractivity contribution in [1.29, 1.82) is 0 Å². The summed E-state index contributed by atoms with van der Waals surface area (Å²) in [4.78, 5) is 17.9. The molecule has 2 aromatic rings. The van der Waals surface area contributed by atoms with Gasteiger partial charge in [-0.3, -0.25) is 4.79 Å². The summed E-state index contributed by atoms with van der Waals surface area (Å²) in [6.07, 6.45) is 0. The van der Waals surface area contributed by atoms with Crippen molar-refractivity contribution in [2.75, 3.05) is 20.2 Å². The topological polar surface area (TPSA) is 42.4 Å². The maximum Gasteiger partial charge on any atom is 0.273 e. The Kier molecular flexibility index (Phi) is 4.74. The molecule has 0 atom stereocenters. The van der Waals surface area contributed by atoms with Gasteiger partial charge in [-0.25, -0.2) is 4.98 Å². The molecule has 0 aliphatic carbocycles. The molecule has 0 bridgehead atoms. The van der Waals surface area contributed by atoms with Crippen LogP contribution in [0.15, 0.2) is 29.6 Å². The van der Waals surface area contributed by atoms with Crippen molar-refractivity contribution < 1.29 is 9.53 Å². The number of hydrogen-bond donors (Lipinski definition) is 0. The van der Waals surface area contributed by atoms with E-state index in [1.54, 1.807) is 17.3 Å². The Balaban J connectivity index is 1.81. The molecule has 0 spiro atoms. The Morgan fingerprint density at radius 2 is 2.00 bits per heavy atom. The average molecular weight is 290 g/mol. The highest BCUT2D eigenvalue weighted by atomic mass is 32.1. The molecule has 1 aromatic heterocycles. The summed E-state index contributed by atoms with van der Waals surface area (Å²) in [5.41, 5.74) is 1.70. The largest absolute Gasteiger partial charge is 0.492 e. The lowest BCUT2D eigenvalue weighted by molar-refractivity contribution is 0.0768. The smallest absolute Gasteiger partial charge is 0.273 e. The molecule has 106 valence electrons. The maximum absolute atomic E-state index is 12.1. The van der Waals surface area contributed by atoms with Gasteiger partial charge in [-0.15, -0.1) is 11.3 Å². The third-order valence-electron chi connectivity index (χ3n) is 2.90. The fourth-order valence-electron chi connectivity index (χ4n) is 1.69. The molecule has 1 amide bonds. The molecule has 0 aliphatic heterocycles. The van der Waals surface area contributed by atoms with E-state index in [4.69, 9.17) is 4.74 Å². The van der Waals surface area contributed by atoms with Gasteiger partial charge in [-0.05, 0) is 26.0 Å². The number of aromatic nitrogens is 1. The molecular formula is C15H18N2O2S. The van der Waals surface area contributed by atoms with Crippen molar-refractivity contribution >= 4 is 17.2 Å². The van der Waals surface area contributed by atoms with Crippen molar-refractivity contribution in [2.24, 2.45) is 0 Å². The number of benzene rings is 1. The number of thiazole rings is 1. The first-order valence-electron chi connectivity index (χ1n) is 6.43. The monoisotopic (exact) mass is 290 g/mol. The molecule has 20 heavy (non-hydrogen) atoms. The number of likely N-dealkylation sites (N-methyl/N-ethyl adjacent to an activating group) is 1. The second-order valence-electron chi connectivity index (χ2n) is 4.64. The number of nitrogens with zero attached hydrogens (tertiary/aromatic N) is 2. The zero-order valence-corrected chi connectivity index (χ0v) is 12.7. The minimum atomic E-state index is -0.0677. The first kappa shape index (κ1) is 14.5. The molecule has 0 unspecified atom stereocenters. The SMILES string of the molecule is Cc1ccc(OCCN(C)C(=O)c2csc(C)n2)cc1. The van der Waals surface area contributed by atoms with E-state index < -0.39 is 0 Å². The number of carbonyl (C=O) groups excluding carboxylic acids is 1. The van der Waals surface area contributed by atoms with Crippen molar-refractivity contribution in [3.63, 3.8) is 0 Å². The van der Waals surface area contributed by atoms with Crippen LogP contribution in [0.2, 0.25) is 0 Å². The van der Waals surface area contributed by atoms with Crippen LogP contribution in [0.1, 0.15) is 21.1 Å². The van der Waals surface area contributed by atoms with E-state index in [9.17, 15) is 4.79 Å². The van der Waals surface area contributed by atoms with Gasteiger partial charge in [0.05, 0.1) is 11.6 Å². The van der Waals surface area contributed by atoms with Crippen LogP contribution < -0.4 is 4.74 Å². The fraction of sp³-hybridized carbons (Fsp3) is 0.333. The minimum Gasteiger partial charge on any atom is -0.492 e. The standard InChI is InChI=1S/C15H18N2O2S/c1-11-4-6-13(7-5-11)19-9-8-17(3)15(18)14-10-20-12(2)16-14/h4-7,10H,8-9H2,1-3H3. The Morgan fingerprint density at radius 3 is 2.60 bits per heavy atom. The molecule has 2 rings (SSSR count). The van der Waals surface area contributed by atoms with Crippen LogP contribution in [0.3, 0.4) is 0 Å². The molecule has 0 saturated heterocycles. The fourth-order valence-corrected chi connectivity index (χ4v) is 2.28. The number of amides is 1. The summed E-state index contributed by atoms with van der Waals surface area (Å²) in [7, 11) is 1.76. The van der Waals surface area contributed by atoms with E-state index in [-0.39, 0.29) is 5.91 Å². The summed E-state index contributed by atoms with van der Waals surface area (Å²) < 4.78 is 5.61. The molecule has 0 aliphatic rings. The van der Waals surface area contributed by atoms with Gasteiger partial charge in [0.15, 0.2) is 0 Å². The van der Waals surface area contributed by atoms with Crippen LogP contribution in [-0.2, 0) is 0 Å². The van der Waals surface area contributed by atoms with Crippen LogP contribution >= 0.6 is 11.3 Å². The maximum atomic E-state index is 12.1. The third kappa shape index (κ3) is 3.81. The molecule has 5 heteroatoms. The average Bonchev–Trinajstić information content (AvgIpc) is 2.86. The number of ether oxygens (including phenoxy) is 1. The van der Waals surface area contributed by atoms with Gasteiger partial charge < -0.3 is 9.64 Å². The zero-order chi connectivity index (χ0) is 14.5. The van der Waals surface area contributed by atoms with Gasteiger partial charge in [0.2, 0.25) is 0 Å². The third-order valence-corrected chi connectivity index (χ3v) is 3.67. The molecule has 1 aromatic carbocycles. The normalized spacial score (nSPS) is 10.3. The summed E-state index contributed by atoms with van der Waals surface area (Å²) >= 11 is 1.48. The van der Waals surface area contributed by atoms with Gasteiger partial charge in [0.25, 0.3) is 5.91 Å². The second-order valence-corrected chi connectivity index (χ2v) is 5.70. The molecule has 1 heterocycles. The van der Waals surface area contributed by atoms with E-state index >= 15 is 0 Å². The Morgan fingerprint density at radius 1 is 1.30 bits per heavy atom.